The molecule has 202 valence electrons. The lowest BCUT2D eigenvalue weighted by molar-refractivity contribution is 0.458. The minimum absolute atomic E-state index is 0.0683. The Labute approximate surface area is 229 Å². The highest BCUT2D eigenvalue weighted by Gasteiger charge is 2.24. The van der Waals surface area contributed by atoms with Gasteiger partial charge in [0.05, 0.1) is 12.4 Å². The van der Waals surface area contributed by atoms with Crippen molar-refractivity contribution in [2.24, 2.45) is 10.2 Å². The molecule has 0 fully saturated rings. The van der Waals surface area contributed by atoms with E-state index in [2.05, 4.69) is 41.3 Å². The monoisotopic (exact) mass is 537 g/mol. The molecule has 0 aliphatic rings. The van der Waals surface area contributed by atoms with Gasteiger partial charge in [-0.2, -0.15) is 10.2 Å². The van der Waals surface area contributed by atoms with Crippen LogP contribution in [-0.2, 0) is 0 Å². The van der Waals surface area contributed by atoms with Crippen LogP contribution < -0.4 is 4.90 Å². The number of phenols is 2. The number of benzene rings is 3. The summed E-state index contributed by atoms with van der Waals surface area (Å²) in [5.74, 6) is 0.673. The molecule has 2 N–H and O–H groups in total. The zero-order chi connectivity index (χ0) is 28.2. The highest BCUT2D eigenvalue weighted by molar-refractivity contribution is 5.82. The summed E-state index contributed by atoms with van der Waals surface area (Å²) in [5.41, 5.74) is 4.42. The molecule has 3 aromatic carbocycles. The van der Waals surface area contributed by atoms with Crippen LogP contribution in [0.5, 0.6) is 11.5 Å². The highest BCUT2D eigenvalue weighted by Crippen LogP contribution is 2.41. The fraction of sp³-hybridized carbons (Fsp3) is 0.185. The molecule has 0 radical (unpaired) electrons. The first-order valence-corrected chi connectivity index (χ1v) is 12.3. The molecule has 5 rings (SSSR count). The quantitative estimate of drug-likeness (QED) is 0.224. The van der Waals surface area contributed by atoms with Gasteiger partial charge in [0.15, 0.2) is 11.6 Å². The molecule has 0 spiro atoms. The van der Waals surface area contributed by atoms with E-state index in [1.165, 1.54) is 9.58 Å². The topological polar surface area (TPSA) is 156 Å². The molecule has 0 aliphatic carbocycles. The third kappa shape index (κ3) is 5.53. The molecule has 13 heteroatoms. The Morgan fingerprint density at radius 1 is 0.750 bits per heavy atom. The van der Waals surface area contributed by atoms with Gasteiger partial charge in [-0.1, -0.05) is 12.1 Å². The van der Waals surface area contributed by atoms with Crippen LogP contribution in [0.3, 0.4) is 0 Å². The highest BCUT2D eigenvalue weighted by atomic mass is 16.3. The van der Waals surface area contributed by atoms with Gasteiger partial charge in [0.2, 0.25) is 0 Å². The van der Waals surface area contributed by atoms with E-state index in [9.17, 15) is 10.2 Å². The number of nitrogens with zero attached hydrogens (tertiary/aromatic N) is 11. The summed E-state index contributed by atoms with van der Waals surface area (Å²) in [6.07, 6.45) is 3.22. The van der Waals surface area contributed by atoms with Gasteiger partial charge in [-0.3, -0.25) is 0 Å². The van der Waals surface area contributed by atoms with E-state index >= 15 is 0 Å². The Bertz CT molecular complexity index is 1600. The zero-order valence-corrected chi connectivity index (χ0v) is 22.3. The minimum Gasteiger partial charge on any atom is -0.508 e. The maximum atomic E-state index is 11.1. The van der Waals surface area contributed by atoms with E-state index in [1.54, 1.807) is 50.5 Å². The molecule has 0 saturated heterocycles. The van der Waals surface area contributed by atoms with Crippen molar-refractivity contribution in [3.63, 3.8) is 0 Å². The van der Waals surface area contributed by atoms with Crippen molar-refractivity contribution >= 4 is 18.1 Å². The molecule has 13 nitrogen and oxygen atoms in total. The normalized spacial score (nSPS) is 11.7. The first-order chi connectivity index (χ1) is 19.3. The second-order valence-electron chi connectivity index (χ2n) is 9.28. The van der Waals surface area contributed by atoms with Crippen molar-refractivity contribution in [3.8, 4) is 11.5 Å². The lowest BCUT2D eigenvalue weighted by Gasteiger charge is -2.23. The number of hydrogen-bond donors (Lipinski definition) is 2. The van der Waals surface area contributed by atoms with Crippen molar-refractivity contribution in [2.45, 2.75) is 19.8 Å². The lowest BCUT2D eigenvalue weighted by atomic mass is 9.82. The van der Waals surface area contributed by atoms with Crippen LogP contribution in [0.25, 0.3) is 0 Å². The van der Waals surface area contributed by atoms with E-state index in [4.69, 9.17) is 0 Å². The third-order valence-corrected chi connectivity index (χ3v) is 6.28. The van der Waals surface area contributed by atoms with Crippen LogP contribution in [0.2, 0.25) is 0 Å². The van der Waals surface area contributed by atoms with Crippen molar-refractivity contribution < 1.29 is 10.2 Å². The lowest BCUT2D eigenvalue weighted by Crippen LogP contribution is -2.11. The molecule has 0 unspecified atom stereocenters. The first kappa shape index (κ1) is 26.2. The second kappa shape index (κ2) is 11.1. The first-order valence-electron chi connectivity index (χ1n) is 12.3. The number of phenolic OH excluding ortho intramolecular Hbond substituents is 2. The summed E-state index contributed by atoms with van der Waals surface area (Å²) in [4.78, 5) is 4.62. The summed E-state index contributed by atoms with van der Waals surface area (Å²) in [6.45, 7) is 3.49. The summed E-state index contributed by atoms with van der Waals surface area (Å²) in [5, 5.41) is 53.4. The molecule has 5 aromatic rings. The molecule has 0 saturated carbocycles. The maximum absolute atomic E-state index is 11.1. The number of tetrazole rings is 2. The molecule has 0 amide bonds. The molecule has 0 atom stereocenters. The zero-order valence-electron chi connectivity index (χ0n) is 22.3. The average molecular weight is 538 g/mol. The number of rotatable bonds is 8. The van der Waals surface area contributed by atoms with E-state index in [1.807, 2.05) is 55.4 Å². The van der Waals surface area contributed by atoms with Gasteiger partial charge in [-0.15, -0.1) is 19.8 Å². The molecule has 2 heterocycles. The molecular formula is C27H27N11O2. The Balaban J connectivity index is 1.63. The predicted molar refractivity (Wildman–Crippen MR) is 149 cm³/mol. The molecular weight excluding hydrogens is 510 g/mol. The van der Waals surface area contributed by atoms with Gasteiger partial charge in [0.1, 0.15) is 11.5 Å². The standard InChI is InChI=1S/C27H27N11O2/c1-17-30-32-34-37(17)28-15-19-8-10-25(39)23(12-19)27(21-6-5-7-22(14-21)36(3)4)24-13-20(9-11-26(24)40)16-29-38-18(2)31-33-35-38/h5-16,27,39-40H,1-4H3/b28-15+,29-16+. The molecule has 2 aromatic heterocycles. The molecule has 0 bridgehead atoms. The van der Waals surface area contributed by atoms with Gasteiger partial charge in [0, 0.05) is 36.8 Å². The average Bonchev–Trinajstić information content (AvgIpc) is 3.56. The third-order valence-electron chi connectivity index (χ3n) is 6.28. The summed E-state index contributed by atoms with van der Waals surface area (Å²) in [6, 6.07) is 18.3. The Morgan fingerprint density at radius 2 is 1.27 bits per heavy atom. The summed E-state index contributed by atoms with van der Waals surface area (Å²) >= 11 is 0. The summed E-state index contributed by atoms with van der Waals surface area (Å²) in [7, 11) is 3.92. The number of anilines is 1. The van der Waals surface area contributed by atoms with E-state index in [-0.39, 0.29) is 11.5 Å². The van der Waals surface area contributed by atoms with E-state index < -0.39 is 5.92 Å². The molecule has 0 aliphatic heterocycles. The number of hydrogen-bond acceptors (Lipinski definition) is 11. The van der Waals surface area contributed by atoms with Crippen LogP contribution >= 0.6 is 0 Å². The Hall–Kier alpha value is -5.46. The smallest absolute Gasteiger partial charge is 0.173 e. The SMILES string of the molecule is Cc1nnnn1/N=C/c1ccc(O)c(C(c2cccc(N(C)C)c2)c2cc(/C=N/n3nnnc3C)ccc2O)c1. The predicted octanol–water partition coefficient (Wildman–Crippen LogP) is 2.70. The van der Waals surface area contributed by atoms with Crippen LogP contribution in [0.4, 0.5) is 5.69 Å². The Kier molecular flexibility index (Phi) is 7.27. The fourth-order valence-electron chi connectivity index (χ4n) is 4.19. The largest absolute Gasteiger partial charge is 0.508 e. The molecule has 40 heavy (non-hydrogen) atoms. The van der Waals surface area contributed by atoms with Gasteiger partial charge in [-0.25, -0.2) is 0 Å². The van der Waals surface area contributed by atoms with Crippen molar-refractivity contribution in [1.82, 2.24) is 40.6 Å². The van der Waals surface area contributed by atoms with Gasteiger partial charge >= 0.3 is 0 Å². The van der Waals surface area contributed by atoms with E-state index in [0.29, 0.717) is 33.9 Å². The summed E-state index contributed by atoms with van der Waals surface area (Å²) < 4.78 is 0. The van der Waals surface area contributed by atoms with Crippen LogP contribution in [-0.4, -0.2) is 77.4 Å². The van der Waals surface area contributed by atoms with Crippen LogP contribution in [0.1, 0.15) is 45.4 Å². The second-order valence-corrected chi connectivity index (χ2v) is 9.28. The van der Waals surface area contributed by atoms with Crippen LogP contribution in [0, 0.1) is 13.8 Å². The van der Waals surface area contributed by atoms with Gasteiger partial charge in [-0.05, 0) is 99.9 Å². The van der Waals surface area contributed by atoms with Gasteiger partial charge in [0.25, 0.3) is 0 Å². The van der Waals surface area contributed by atoms with Crippen LogP contribution in [0.15, 0.2) is 70.9 Å². The van der Waals surface area contributed by atoms with Crippen molar-refractivity contribution in [2.75, 3.05) is 19.0 Å². The fourth-order valence-corrected chi connectivity index (χ4v) is 4.19. The van der Waals surface area contributed by atoms with Crippen molar-refractivity contribution in [1.29, 1.82) is 0 Å². The number of aromatic nitrogens is 8. The van der Waals surface area contributed by atoms with Crippen molar-refractivity contribution in [3.05, 3.63) is 100 Å². The van der Waals surface area contributed by atoms with Gasteiger partial charge < -0.3 is 15.1 Å². The number of aryl methyl sites for hydroxylation is 2. The number of aromatic hydroxyl groups is 2. The Morgan fingerprint density at radius 3 is 1.73 bits per heavy atom. The minimum atomic E-state index is -0.536. The van der Waals surface area contributed by atoms with E-state index in [0.717, 1.165) is 11.3 Å². The maximum Gasteiger partial charge on any atom is 0.173 e.